The van der Waals surface area contributed by atoms with E-state index in [-0.39, 0.29) is 12.3 Å². The van der Waals surface area contributed by atoms with Gasteiger partial charge in [0.1, 0.15) is 5.01 Å². The van der Waals surface area contributed by atoms with Crippen LogP contribution in [0, 0.1) is 6.92 Å². The van der Waals surface area contributed by atoms with Crippen molar-refractivity contribution in [3.8, 4) is 10.6 Å². The van der Waals surface area contributed by atoms with Crippen LogP contribution in [0.2, 0.25) is 0 Å². The molecular weight excluding hydrogens is 420 g/mol. The molecule has 0 radical (unpaired) electrons. The Morgan fingerprint density at radius 3 is 2.52 bits per heavy atom. The predicted octanol–water partition coefficient (Wildman–Crippen LogP) is 6.33. The van der Waals surface area contributed by atoms with Gasteiger partial charge in [0.25, 0.3) is 0 Å². The summed E-state index contributed by atoms with van der Waals surface area (Å²) in [4.78, 5) is 17.0. The first-order chi connectivity index (χ1) is 13.1. The fraction of sp³-hybridized carbons (Fsp3) is 0.0909. The monoisotopic (exact) mass is 436 g/mol. The van der Waals surface area contributed by atoms with Gasteiger partial charge in [-0.2, -0.15) is 0 Å². The molecule has 3 nitrogen and oxygen atoms in total. The highest BCUT2D eigenvalue weighted by Crippen LogP contribution is 2.31. The second-order valence-corrected chi connectivity index (χ2v) is 8.30. The van der Waals surface area contributed by atoms with Crippen molar-refractivity contribution in [3.63, 3.8) is 0 Å². The molecule has 5 heteroatoms. The molecule has 0 aliphatic rings. The number of hydrogen-bond donors (Lipinski definition) is 1. The third kappa shape index (κ3) is 4.10. The van der Waals surface area contributed by atoms with Crippen LogP contribution in [-0.2, 0) is 0 Å². The van der Waals surface area contributed by atoms with E-state index in [0.29, 0.717) is 5.56 Å². The van der Waals surface area contributed by atoms with Crippen molar-refractivity contribution < 1.29 is 4.79 Å². The SMILES string of the molecule is Cc1ccc2nc(-c3ccc(NCC(=O)c4ccc(Br)cc4)cc3)sc2c1. The number of benzene rings is 3. The summed E-state index contributed by atoms with van der Waals surface area (Å²) in [5.74, 6) is 0.0631. The number of aryl methyl sites for hydroxylation is 1. The van der Waals surface area contributed by atoms with Gasteiger partial charge in [0.15, 0.2) is 5.78 Å². The number of carbonyl (C=O) groups is 1. The van der Waals surface area contributed by atoms with Crippen LogP contribution in [0.25, 0.3) is 20.8 Å². The molecule has 27 heavy (non-hydrogen) atoms. The Morgan fingerprint density at radius 1 is 1.04 bits per heavy atom. The van der Waals surface area contributed by atoms with Crippen molar-refractivity contribution in [3.05, 3.63) is 82.3 Å². The number of nitrogens with zero attached hydrogens (tertiary/aromatic N) is 1. The Hall–Kier alpha value is -2.50. The Balaban J connectivity index is 1.45. The number of anilines is 1. The largest absolute Gasteiger partial charge is 0.378 e. The van der Waals surface area contributed by atoms with E-state index >= 15 is 0 Å². The van der Waals surface area contributed by atoms with Crippen LogP contribution >= 0.6 is 27.3 Å². The molecule has 0 saturated carbocycles. The van der Waals surface area contributed by atoms with Gasteiger partial charge in [-0.05, 0) is 61.0 Å². The van der Waals surface area contributed by atoms with Crippen molar-refractivity contribution in [1.82, 2.24) is 4.98 Å². The van der Waals surface area contributed by atoms with Gasteiger partial charge < -0.3 is 5.32 Å². The highest BCUT2D eigenvalue weighted by atomic mass is 79.9. The van der Waals surface area contributed by atoms with Crippen LogP contribution in [-0.4, -0.2) is 17.3 Å². The number of fused-ring (bicyclic) bond motifs is 1. The van der Waals surface area contributed by atoms with Crippen LogP contribution in [0.3, 0.4) is 0 Å². The highest BCUT2D eigenvalue weighted by Gasteiger charge is 2.08. The molecule has 1 N–H and O–H groups in total. The zero-order chi connectivity index (χ0) is 18.8. The molecule has 4 aromatic rings. The lowest BCUT2D eigenvalue weighted by Crippen LogP contribution is -2.13. The van der Waals surface area contributed by atoms with E-state index in [2.05, 4.69) is 46.4 Å². The second kappa shape index (κ2) is 7.62. The van der Waals surface area contributed by atoms with Crippen LogP contribution in [0.15, 0.2) is 71.2 Å². The molecular formula is C22H17BrN2OS. The topological polar surface area (TPSA) is 42.0 Å². The van der Waals surface area contributed by atoms with Crippen molar-refractivity contribution >= 4 is 49.0 Å². The minimum Gasteiger partial charge on any atom is -0.378 e. The first-order valence-electron chi connectivity index (χ1n) is 8.59. The van der Waals surface area contributed by atoms with Crippen LogP contribution < -0.4 is 5.32 Å². The maximum absolute atomic E-state index is 12.3. The standard InChI is InChI=1S/C22H17BrN2OS/c1-14-2-11-19-21(12-14)27-22(25-19)16-5-9-18(10-6-16)24-13-20(26)15-3-7-17(23)8-4-15/h2-12,24H,13H2,1H3. The molecule has 0 amide bonds. The van der Waals surface area contributed by atoms with Crippen LogP contribution in [0.4, 0.5) is 5.69 Å². The van der Waals surface area contributed by atoms with E-state index in [1.54, 1.807) is 11.3 Å². The van der Waals surface area contributed by atoms with E-state index in [4.69, 9.17) is 4.98 Å². The Morgan fingerprint density at radius 2 is 1.78 bits per heavy atom. The lowest BCUT2D eigenvalue weighted by atomic mass is 10.1. The number of thiazole rings is 1. The van der Waals surface area contributed by atoms with Gasteiger partial charge in [-0.15, -0.1) is 11.3 Å². The number of aromatic nitrogens is 1. The first kappa shape index (κ1) is 17.9. The number of carbonyl (C=O) groups excluding carboxylic acids is 1. The Bertz CT molecular complexity index is 1100. The first-order valence-corrected chi connectivity index (χ1v) is 10.2. The number of rotatable bonds is 5. The average Bonchev–Trinajstić information content (AvgIpc) is 3.10. The van der Waals surface area contributed by atoms with E-state index in [9.17, 15) is 4.79 Å². The molecule has 1 aromatic heterocycles. The molecule has 134 valence electrons. The molecule has 0 aliphatic carbocycles. The molecule has 3 aromatic carbocycles. The number of halogens is 1. The predicted molar refractivity (Wildman–Crippen MR) is 117 cm³/mol. The summed E-state index contributed by atoms with van der Waals surface area (Å²) in [5.41, 5.74) is 4.97. The van der Waals surface area contributed by atoms with E-state index in [0.717, 1.165) is 26.2 Å². The van der Waals surface area contributed by atoms with Gasteiger partial charge in [-0.3, -0.25) is 4.79 Å². The Labute approximate surface area is 170 Å². The molecule has 0 fully saturated rings. The summed E-state index contributed by atoms with van der Waals surface area (Å²) in [6.45, 7) is 2.36. The minimum atomic E-state index is 0.0631. The average molecular weight is 437 g/mol. The van der Waals surface area contributed by atoms with Crippen LogP contribution in [0.5, 0.6) is 0 Å². The molecule has 0 unspecified atom stereocenters. The smallest absolute Gasteiger partial charge is 0.181 e. The van der Waals surface area contributed by atoms with Gasteiger partial charge in [0, 0.05) is 21.3 Å². The number of Topliss-reactive ketones (excluding diaryl/α,β-unsaturated/α-hetero) is 1. The van der Waals surface area contributed by atoms with Gasteiger partial charge in [-0.1, -0.05) is 34.1 Å². The third-order valence-electron chi connectivity index (χ3n) is 4.30. The summed E-state index contributed by atoms with van der Waals surface area (Å²) in [7, 11) is 0. The van der Waals surface area contributed by atoms with Gasteiger partial charge in [0.05, 0.1) is 16.8 Å². The van der Waals surface area contributed by atoms with Crippen molar-refractivity contribution in [2.24, 2.45) is 0 Å². The van der Waals surface area contributed by atoms with Crippen molar-refractivity contribution in [2.75, 3.05) is 11.9 Å². The van der Waals surface area contributed by atoms with E-state index < -0.39 is 0 Å². The normalized spacial score (nSPS) is 10.9. The summed E-state index contributed by atoms with van der Waals surface area (Å²) in [5, 5.41) is 4.20. The Kier molecular flexibility index (Phi) is 5.05. The summed E-state index contributed by atoms with van der Waals surface area (Å²) in [6.07, 6.45) is 0. The summed E-state index contributed by atoms with van der Waals surface area (Å²) < 4.78 is 2.17. The van der Waals surface area contributed by atoms with Gasteiger partial charge in [0.2, 0.25) is 0 Å². The highest BCUT2D eigenvalue weighted by molar-refractivity contribution is 9.10. The molecule has 0 saturated heterocycles. The number of ketones is 1. The quantitative estimate of drug-likeness (QED) is 0.371. The zero-order valence-electron chi connectivity index (χ0n) is 14.7. The molecule has 4 rings (SSSR count). The zero-order valence-corrected chi connectivity index (χ0v) is 17.1. The molecule has 0 atom stereocenters. The lowest BCUT2D eigenvalue weighted by Gasteiger charge is -2.06. The summed E-state index contributed by atoms with van der Waals surface area (Å²) in [6, 6.07) is 21.8. The van der Waals surface area contributed by atoms with Crippen molar-refractivity contribution in [1.29, 1.82) is 0 Å². The maximum Gasteiger partial charge on any atom is 0.181 e. The van der Waals surface area contributed by atoms with Gasteiger partial charge >= 0.3 is 0 Å². The van der Waals surface area contributed by atoms with Gasteiger partial charge in [-0.25, -0.2) is 4.98 Å². The van der Waals surface area contributed by atoms with Crippen LogP contribution in [0.1, 0.15) is 15.9 Å². The van der Waals surface area contributed by atoms with E-state index in [1.807, 2.05) is 48.5 Å². The maximum atomic E-state index is 12.3. The second-order valence-electron chi connectivity index (χ2n) is 6.35. The number of hydrogen-bond acceptors (Lipinski definition) is 4. The summed E-state index contributed by atoms with van der Waals surface area (Å²) >= 11 is 5.08. The fourth-order valence-corrected chi connectivity index (χ4v) is 4.14. The lowest BCUT2D eigenvalue weighted by molar-refractivity contribution is 0.101. The fourth-order valence-electron chi connectivity index (χ4n) is 2.81. The molecule has 1 heterocycles. The molecule has 0 aliphatic heterocycles. The van der Waals surface area contributed by atoms with E-state index in [1.165, 1.54) is 10.3 Å². The molecule has 0 bridgehead atoms. The molecule has 0 spiro atoms. The number of nitrogens with one attached hydrogen (secondary N) is 1. The van der Waals surface area contributed by atoms with Crippen molar-refractivity contribution in [2.45, 2.75) is 6.92 Å². The third-order valence-corrected chi connectivity index (χ3v) is 5.89. The minimum absolute atomic E-state index is 0.0631.